The Morgan fingerprint density at radius 3 is 2.48 bits per heavy atom. The predicted octanol–water partition coefficient (Wildman–Crippen LogP) is 7.26. The molecule has 4 heterocycles. The summed E-state index contributed by atoms with van der Waals surface area (Å²) < 4.78 is 27.1. The standard InChI is InChI=1S/C28H34Cl3N3O5Si/c1-27(2,3)40(6,7)36-11-9-15-12-18(29)19(30)13-17(15)20(35)21-22-23(39-28(4,5)38-22)26(37-21)34-10-8-16-24(31)32-14-33-25(16)34/h8,10,12-14,21-23,26H,9,11H2,1-7H3/t21-,22-,23-,26-/m1/s1. The van der Waals surface area contributed by atoms with Crippen molar-refractivity contribution in [3.63, 3.8) is 0 Å². The number of ether oxygens (including phenoxy) is 3. The number of fused-ring (bicyclic) bond motifs is 2. The van der Waals surface area contributed by atoms with Crippen molar-refractivity contribution in [2.45, 2.75) is 89.5 Å². The van der Waals surface area contributed by atoms with Gasteiger partial charge in [0.2, 0.25) is 0 Å². The summed E-state index contributed by atoms with van der Waals surface area (Å²) in [6.45, 7) is 15.1. The minimum Gasteiger partial charge on any atom is -0.416 e. The van der Waals surface area contributed by atoms with Gasteiger partial charge in [0.1, 0.15) is 29.3 Å². The molecule has 0 radical (unpaired) electrons. The molecule has 0 bridgehead atoms. The van der Waals surface area contributed by atoms with Crippen LogP contribution in [0, 0.1) is 0 Å². The van der Waals surface area contributed by atoms with Crippen LogP contribution in [0.1, 0.15) is 56.8 Å². The van der Waals surface area contributed by atoms with Crippen molar-refractivity contribution in [2.75, 3.05) is 6.61 Å². The number of benzene rings is 1. The van der Waals surface area contributed by atoms with Crippen molar-refractivity contribution in [3.8, 4) is 0 Å². The fourth-order valence-electron chi connectivity index (χ4n) is 4.97. The molecule has 3 aromatic rings. The highest BCUT2D eigenvalue weighted by Gasteiger charge is 2.58. The van der Waals surface area contributed by atoms with Crippen LogP contribution in [0.5, 0.6) is 0 Å². The van der Waals surface area contributed by atoms with Crippen molar-refractivity contribution in [1.82, 2.24) is 14.5 Å². The third-order valence-corrected chi connectivity index (χ3v) is 13.6. The summed E-state index contributed by atoms with van der Waals surface area (Å²) in [6.07, 6.45) is 0.822. The van der Waals surface area contributed by atoms with Crippen LogP contribution >= 0.6 is 34.8 Å². The highest BCUT2D eigenvalue weighted by atomic mass is 35.5. The van der Waals surface area contributed by atoms with Crippen LogP contribution in [0.3, 0.4) is 0 Å². The quantitative estimate of drug-likeness (QED) is 0.155. The summed E-state index contributed by atoms with van der Waals surface area (Å²) in [5.74, 6) is -1.17. The summed E-state index contributed by atoms with van der Waals surface area (Å²) in [5, 5.41) is 1.73. The lowest BCUT2D eigenvalue weighted by Crippen LogP contribution is -2.41. The minimum absolute atomic E-state index is 0.0649. The Bertz CT molecular complexity index is 1450. The first-order chi connectivity index (χ1) is 18.6. The van der Waals surface area contributed by atoms with Crippen LogP contribution in [0.2, 0.25) is 33.3 Å². The molecule has 4 atom stereocenters. The molecule has 2 fully saturated rings. The minimum atomic E-state index is -1.98. The molecule has 0 unspecified atom stereocenters. The molecule has 0 saturated carbocycles. The maximum absolute atomic E-state index is 14.2. The van der Waals surface area contributed by atoms with Crippen LogP contribution in [-0.4, -0.2) is 59.3 Å². The van der Waals surface area contributed by atoms with E-state index in [0.717, 1.165) is 5.56 Å². The molecule has 40 heavy (non-hydrogen) atoms. The highest BCUT2D eigenvalue weighted by Crippen LogP contribution is 2.45. The van der Waals surface area contributed by atoms with E-state index in [1.54, 1.807) is 22.9 Å². The molecule has 216 valence electrons. The highest BCUT2D eigenvalue weighted by molar-refractivity contribution is 6.74. The summed E-state index contributed by atoms with van der Waals surface area (Å²) in [5.41, 5.74) is 1.74. The Labute approximate surface area is 250 Å². The number of carbonyl (C=O) groups excluding carboxylic acids is 1. The number of Topliss-reactive ketones (excluding diaryl/α,β-unsaturated/α-hetero) is 1. The zero-order chi connectivity index (χ0) is 29.2. The van der Waals surface area contributed by atoms with Crippen LogP contribution in [-0.2, 0) is 25.1 Å². The molecule has 0 spiro atoms. The zero-order valence-corrected chi connectivity index (χ0v) is 26.9. The Kier molecular flexibility index (Phi) is 7.94. The summed E-state index contributed by atoms with van der Waals surface area (Å²) in [6, 6.07) is 5.16. The molecule has 0 amide bonds. The van der Waals surface area contributed by atoms with E-state index in [4.69, 9.17) is 53.4 Å². The predicted molar refractivity (Wildman–Crippen MR) is 158 cm³/mol. The first kappa shape index (κ1) is 29.9. The molecule has 2 aliphatic heterocycles. The number of aromatic nitrogens is 3. The Hall–Kier alpha value is -1.56. The molecule has 8 nitrogen and oxygen atoms in total. The van der Waals surface area contributed by atoms with Crippen LogP contribution < -0.4 is 0 Å². The van der Waals surface area contributed by atoms with E-state index in [0.29, 0.717) is 39.8 Å². The summed E-state index contributed by atoms with van der Waals surface area (Å²) in [7, 11) is -1.98. The average Bonchev–Trinajstić information content (AvgIpc) is 3.51. The van der Waals surface area contributed by atoms with Crippen molar-refractivity contribution >= 4 is 59.9 Å². The van der Waals surface area contributed by atoms with Crippen molar-refractivity contribution in [2.24, 2.45) is 0 Å². The van der Waals surface area contributed by atoms with Gasteiger partial charge in [0.15, 0.2) is 32.2 Å². The van der Waals surface area contributed by atoms with E-state index in [2.05, 4.69) is 43.8 Å². The molecule has 0 N–H and O–H groups in total. The smallest absolute Gasteiger partial charge is 0.194 e. The van der Waals surface area contributed by atoms with Gasteiger partial charge in [-0.3, -0.25) is 4.79 Å². The maximum Gasteiger partial charge on any atom is 0.194 e. The van der Waals surface area contributed by atoms with Gasteiger partial charge in [-0.1, -0.05) is 55.6 Å². The topological polar surface area (TPSA) is 84.7 Å². The van der Waals surface area contributed by atoms with E-state index >= 15 is 0 Å². The average molecular weight is 627 g/mol. The molecule has 2 aromatic heterocycles. The second-order valence-electron chi connectivity index (χ2n) is 12.3. The molecular weight excluding hydrogens is 593 g/mol. The summed E-state index contributed by atoms with van der Waals surface area (Å²) >= 11 is 19.1. The number of carbonyl (C=O) groups is 1. The first-order valence-corrected chi connectivity index (χ1v) is 17.3. The fraction of sp³-hybridized carbons (Fsp3) is 0.536. The number of rotatable bonds is 7. The third-order valence-electron chi connectivity index (χ3n) is 8.07. The number of nitrogens with zero attached hydrogens (tertiary/aromatic N) is 3. The van der Waals surface area contributed by atoms with Crippen molar-refractivity contribution in [3.05, 3.63) is 57.0 Å². The van der Waals surface area contributed by atoms with Gasteiger partial charge in [0, 0.05) is 18.4 Å². The van der Waals surface area contributed by atoms with E-state index in [1.807, 2.05) is 19.9 Å². The van der Waals surface area contributed by atoms with Crippen molar-refractivity contribution < 1.29 is 23.4 Å². The lowest BCUT2D eigenvalue weighted by Gasteiger charge is -2.36. The van der Waals surface area contributed by atoms with Crippen molar-refractivity contribution in [1.29, 1.82) is 0 Å². The van der Waals surface area contributed by atoms with Gasteiger partial charge in [-0.2, -0.15) is 0 Å². The van der Waals surface area contributed by atoms with E-state index in [1.165, 1.54) is 6.33 Å². The van der Waals surface area contributed by atoms with E-state index in [9.17, 15) is 4.79 Å². The SMILES string of the molecule is CC1(C)O[C@@H]2[C@H](O1)[C@@H](C(=O)c1cc(Cl)c(Cl)cc1CCO[Si](C)(C)C(C)(C)C)O[C@H]2n1ccc2c(Cl)ncnc21. The van der Waals surface area contributed by atoms with Crippen LogP contribution in [0.25, 0.3) is 11.0 Å². The normalized spacial score (nSPS) is 24.6. The summed E-state index contributed by atoms with van der Waals surface area (Å²) in [4.78, 5) is 22.6. The lowest BCUT2D eigenvalue weighted by molar-refractivity contribution is -0.190. The van der Waals surface area contributed by atoms with Crippen LogP contribution in [0.4, 0.5) is 0 Å². The van der Waals surface area contributed by atoms with Gasteiger partial charge >= 0.3 is 0 Å². The lowest BCUT2D eigenvalue weighted by atomic mass is 9.95. The van der Waals surface area contributed by atoms with Gasteiger partial charge in [0.05, 0.1) is 15.4 Å². The van der Waals surface area contributed by atoms with E-state index < -0.39 is 38.6 Å². The molecule has 2 saturated heterocycles. The molecule has 2 aliphatic rings. The largest absolute Gasteiger partial charge is 0.416 e. The van der Waals surface area contributed by atoms with Gasteiger partial charge in [-0.25, -0.2) is 9.97 Å². The Morgan fingerprint density at radius 1 is 1.10 bits per heavy atom. The fourth-order valence-corrected chi connectivity index (χ4v) is 6.55. The van der Waals surface area contributed by atoms with Gasteiger partial charge < -0.3 is 23.2 Å². The van der Waals surface area contributed by atoms with Gasteiger partial charge in [-0.15, -0.1) is 0 Å². The van der Waals surface area contributed by atoms with Gasteiger partial charge in [-0.05, 0) is 62.2 Å². The number of hydrogen-bond donors (Lipinski definition) is 0. The monoisotopic (exact) mass is 625 g/mol. The molecule has 0 aliphatic carbocycles. The number of ketones is 1. The number of hydrogen-bond acceptors (Lipinski definition) is 7. The second-order valence-corrected chi connectivity index (χ2v) is 18.3. The Morgan fingerprint density at radius 2 is 1.77 bits per heavy atom. The molecular formula is C28H34Cl3N3O5Si. The Balaban J connectivity index is 1.46. The van der Waals surface area contributed by atoms with E-state index in [-0.39, 0.29) is 15.8 Å². The van der Waals surface area contributed by atoms with Gasteiger partial charge in [0.25, 0.3) is 0 Å². The molecule has 12 heteroatoms. The number of halogens is 3. The second kappa shape index (κ2) is 10.6. The molecule has 5 rings (SSSR count). The zero-order valence-electron chi connectivity index (χ0n) is 23.6. The molecule has 1 aromatic carbocycles. The maximum atomic E-state index is 14.2. The van der Waals surface area contributed by atoms with Crippen LogP contribution in [0.15, 0.2) is 30.7 Å². The third kappa shape index (κ3) is 5.47. The first-order valence-electron chi connectivity index (χ1n) is 13.2.